The van der Waals surface area contributed by atoms with Crippen LogP contribution in [0.25, 0.3) is 0 Å². The van der Waals surface area contributed by atoms with Crippen molar-refractivity contribution in [3.63, 3.8) is 0 Å². The number of benzene rings is 1. The minimum atomic E-state index is -3.12. The third-order valence-corrected chi connectivity index (χ3v) is 1.74. The number of halogens is 4. The highest BCUT2D eigenvalue weighted by molar-refractivity contribution is 6.32. The zero-order valence-electron chi connectivity index (χ0n) is 6.64. The topological polar surface area (TPSA) is 26.3 Å². The van der Waals surface area contributed by atoms with Crippen molar-refractivity contribution < 1.29 is 22.7 Å². The lowest BCUT2D eigenvalue weighted by Gasteiger charge is -2.07. The first kappa shape index (κ1) is 10.8. The van der Waals surface area contributed by atoms with E-state index in [1.165, 1.54) is 0 Å². The molecule has 0 spiro atoms. The predicted molar refractivity (Wildman–Crippen MR) is 43.4 cm³/mol. The summed E-state index contributed by atoms with van der Waals surface area (Å²) in [6, 6.07) is 1.76. The van der Waals surface area contributed by atoms with Crippen molar-refractivity contribution in [3.05, 3.63) is 28.5 Å². The van der Waals surface area contributed by atoms with Crippen LogP contribution in [0.5, 0.6) is 5.75 Å². The number of ether oxygens (including phenoxy) is 1. The van der Waals surface area contributed by atoms with Crippen LogP contribution < -0.4 is 4.74 Å². The summed E-state index contributed by atoms with van der Waals surface area (Å²) in [5, 5.41) is -0.573. The van der Waals surface area contributed by atoms with Gasteiger partial charge >= 0.3 is 6.61 Å². The van der Waals surface area contributed by atoms with Crippen molar-refractivity contribution in [2.24, 2.45) is 0 Å². The molecule has 2 nitrogen and oxygen atoms in total. The first-order valence-electron chi connectivity index (χ1n) is 3.43. The standard InChI is InChI=1S/C8H4ClF3O2/c9-7-5(10)1-4(3-13)2-6(7)14-8(11)12/h1-3,8H. The van der Waals surface area contributed by atoms with Crippen LogP contribution in [0.3, 0.4) is 0 Å². The van der Waals surface area contributed by atoms with Crippen molar-refractivity contribution in [1.29, 1.82) is 0 Å². The Labute approximate surface area is 82.2 Å². The van der Waals surface area contributed by atoms with E-state index < -0.39 is 23.2 Å². The van der Waals surface area contributed by atoms with Gasteiger partial charge in [-0.05, 0) is 12.1 Å². The van der Waals surface area contributed by atoms with Crippen molar-refractivity contribution in [1.82, 2.24) is 0 Å². The van der Waals surface area contributed by atoms with Gasteiger partial charge in [-0.3, -0.25) is 4.79 Å². The SMILES string of the molecule is O=Cc1cc(F)c(Cl)c(OC(F)F)c1. The molecule has 1 aromatic carbocycles. The van der Waals surface area contributed by atoms with Crippen LogP contribution in [0.15, 0.2) is 12.1 Å². The van der Waals surface area contributed by atoms with Crippen LogP contribution in [0, 0.1) is 5.82 Å². The maximum atomic E-state index is 12.9. The maximum Gasteiger partial charge on any atom is 0.387 e. The number of alkyl halides is 2. The van der Waals surface area contributed by atoms with Crippen molar-refractivity contribution in [2.75, 3.05) is 0 Å². The minimum absolute atomic E-state index is 0.123. The fourth-order valence-corrected chi connectivity index (χ4v) is 0.987. The Morgan fingerprint density at radius 2 is 2.07 bits per heavy atom. The van der Waals surface area contributed by atoms with Crippen LogP contribution in [0.4, 0.5) is 13.2 Å². The number of rotatable bonds is 3. The Bertz CT molecular complexity index is 355. The zero-order chi connectivity index (χ0) is 10.7. The van der Waals surface area contributed by atoms with E-state index in [0.29, 0.717) is 6.29 Å². The van der Waals surface area contributed by atoms with E-state index in [9.17, 15) is 18.0 Å². The molecular formula is C8H4ClF3O2. The molecule has 0 aliphatic heterocycles. The molecule has 0 bridgehead atoms. The van der Waals surface area contributed by atoms with E-state index in [-0.39, 0.29) is 5.56 Å². The molecule has 1 rings (SSSR count). The summed E-state index contributed by atoms with van der Waals surface area (Å²) >= 11 is 5.32. The van der Waals surface area contributed by atoms with Crippen LogP contribution in [-0.4, -0.2) is 12.9 Å². The lowest BCUT2D eigenvalue weighted by Crippen LogP contribution is -2.03. The quantitative estimate of drug-likeness (QED) is 0.738. The highest BCUT2D eigenvalue weighted by atomic mass is 35.5. The number of carbonyl (C=O) groups is 1. The Morgan fingerprint density at radius 3 is 2.57 bits per heavy atom. The van der Waals surface area contributed by atoms with Gasteiger partial charge in [-0.25, -0.2) is 4.39 Å². The number of carbonyl (C=O) groups excluding carboxylic acids is 1. The molecule has 0 N–H and O–H groups in total. The number of hydrogen-bond donors (Lipinski definition) is 0. The molecule has 6 heteroatoms. The van der Waals surface area contributed by atoms with Gasteiger partial charge in [-0.15, -0.1) is 0 Å². The summed E-state index contributed by atoms with van der Waals surface area (Å²) in [5.41, 5.74) is -0.123. The summed E-state index contributed by atoms with van der Waals surface area (Å²) in [6.07, 6.45) is 0.303. The number of aldehydes is 1. The lowest BCUT2D eigenvalue weighted by molar-refractivity contribution is -0.0499. The molecule has 0 amide bonds. The smallest absolute Gasteiger partial charge is 0.387 e. The first-order chi connectivity index (χ1) is 6.54. The molecular weight excluding hydrogens is 221 g/mol. The number of hydrogen-bond acceptors (Lipinski definition) is 2. The highest BCUT2D eigenvalue weighted by Gasteiger charge is 2.13. The fourth-order valence-electron chi connectivity index (χ4n) is 0.834. The van der Waals surface area contributed by atoms with E-state index in [1.54, 1.807) is 0 Å². The predicted octanol–water partition coefficient (Wildman–Crippen LogP) is 2.89. The molecule has 0 aliphatic carbocycles. The molecule has 0 aliphatic rings. The third-order valence-electron chi connectivity index (χ3n) is 1.37. The van der Waals surface area contributed by atoms with E-state index >= 15 is 0 Å². The fraction of sp³-hybridized carbons (Fsp3) is 0.125. The van der Waals surface area contributed by atoms with Crippen LogP contribution >= 0.6 is 11.6 Å². The summed E-state index contributed by atoms with van der Waals surface area (Å²) in [4.78, 5) is 10.3. The molecule has 0 saturated carbocycles. The van der Waals surface area contributed by atoms with Gasteiger partial charge in [0.2, 0.25) is 0 Å². The Balaban J connectivity index is 3.13. The van der Waals surface area contributed by atoms with Crippen LogP contribution in [0.2, 0.25) is 5.02 Å². The summed E-state index contributed by atoms with van der Waals surface area (Å²) in [5.74, 6) is -1.53. The first-order valence-corrected chi connectivity index (χ1v) is 3.81. The van der Waals surface area contributed by atoms with Gasteiger partial charge in [0.15, 0.2) is 0 Å². The Hall–Kier alpha value is -1.23. The average molecular weight is 225 g/mol. The van der Waals surface area contributed by atoms with Crippen molar-refractivity contribution >= 4 is 17.9 Å². The van der Waals surface area contributed by atoms with E-state index in [2.05, 4.69) is 4.74 Å². The molecule has 0 atom stereocenters. The van der Waals surface area contributed by atoms with Gasteiger partial charge in [0, 0.05) is 5.56 Å². The molecule has 0 aromatic heterocycles. The second kappa shape index (κ2) is 4.32. The lowest BCUT2D eigenvalue weighted by atomic mass is 10.2. The minimum Gasteiger partial charge on any atom is -0.433 e. The summed E-state index contributed by atoms with van der Waals surface area (Å²) in [7, 11) is 0. The Kier molecular flexibility index (Phi) is 3.35. The van der Waals surface area contributed by atoms with Crippen LogP contribution in [0.1, 0.15) is 10.4 Å². The monoisotopic (exact) mass is 224 g/mol. The Morgan fingerprint density at radius 1 is 1.43 bits per heavy atom. The second-order valence-electron chi connectivity index (χ2n) is 2.31. The molecule has 1 aromatic rings. The summed E-state index contributed by atoms with van der Waals surface area (Å²) < 4.78 is 40.3. The van der Waals surface area contributed by atoms with E-state index in [4.69, 9.17) is 11.6 Å². The van der Waals surface area contributed by atoms with E-state index in [0.717, 1.165) is 12.1 Å². The van der Waals surface area contributed by atoms with Crippen molar-refractivity contribution in [3.8, 4) is 5.75 Å². The molecule has 76 valence electrons. The van der Waals surface area contributed by atoms with Gasteiger partial charge in [-0.1, -0.05) is 11.6 Å². The van der Waals surface area contributed by atoms with Gasteiger partial charge in [0.1, 0.15) is 22.9 Å². The van der Waals surface area contributed by atoms with Crippen molar-refractivity contribution in [2.45, 2.75) is 6.61 Å². The van der Waals surface area contributed by atoms with Gasteiger partial charge in [0.05, 0.1) is 0 Å². The summed E-state index contributed by atoms with van der Waals surface area (Å²) in [6.45, 7) is -3.12. The molecule has 0 fully saturated rings. The molecule has 0 saturated heterocycles. The van der Waals surface area contributed by atoms with Gasteiger partial charge in [-0.2, -0.15) is 8.78 Å². The zero-order valence-corrected chi connectivity index (χ0v) is 7.39. The second-order valence-corrected chi connectivity index (χ2v) is 2.69. The molecule has 0 heterocycles. The maximum absolute atomic E-state index is 12.9. The highest BCUT2D eigenvalue weighted by Crippen LogP contribution is 2.29. The normalized spacial score (nSPS) is 10.4. The van der Waals surface area contributed by atoms with E-state index in [1.807, 2.05) is 0 Å². The third kappa shape index (κ3) is 2.38. The average Bonchev–Trinajstić information content (AvgIpc) is 2.11. The largest absolute Gasteiger partial charge is 0.433 e. The van der Waals surface area contributed by atoms with Gasteiger partial charge < -0.3 is 4.74 Å². The van der Waals surface area contributed by atoms with Gasteiger partial charge in [0.25, 0.3) is 0 Å². The van der Waals surface area contributed by atoms with Crippen LogP contribution in [-0.2, 0) is 0 Å². The molecule has 0 unspecified atom stereocenters. The molecule has 0 radical (unpaired) electrons. The molecule has 14 heavy (non-hydrogen) atoms.